The van der Waals surface area contributed by atoms with Crippen molar-refractivity contribution in [2.75, 3.05) is 26.3 Å². The van der Waals surface area contributed by atoms with Gasteiger partial charge < -0.3 is 15.1 Å². The summed E-state index contributed by atoms with van der Waals surface area (Å²) < 4.78 is 38.3. The van der Waals surface area contributed by atoms with Gasteiger partial charge in [-0.15, -0.1) is 0 Å². The Kier molecular flexibility index (Phi) is 5.31. The van der Waals surface area contributed by atoms with Gasteiger partial charge in [0.15, 0.2) is 0 Å². The van der Waals surface area contributed by atoms with Crippen LogP contribution in [-0.2, 0) is 6.18 Å². The first-order valence-electron chi connectivity index (χ1n) is 5.59. The van der Waals surface area contributed by atoms with Crippen molar-refractivity contribution in [3.05, 3.63) is 35.4 Å². The van der Waals surface area contributed by atoms with Crippen molar-refractivity contribution in [1.29, 1.82) is 0 Å². The van der Waals surface area contributed by atoms with E-state index in [0.717, 1.165) is 17.0 Å². The van der Waals surface area contributed by atoms with Crippen LogP contribution in [0.5, 0.6) is 0 Å². The van der Waals surface area contributed by atoms with Crippen molar-refractivity contribution in [3.8, 4) is 0 Å². The maximum Gasteiger partial charge on any atom is 0.417 e. The predicted molar refractivity (Wildman–Crippen MR) is 61.5 cm³/mol. The number of carbonyl (C=O) groups excluding carboxylic acids is 1. The number of aliphatic hydroxyl groups is 2. The van der Waals surface area contributed by atoms with Crippen LogP contribution in [0.3, 0.4) is 0 Å². The van der Waals surface area contributed by atoms with Crippen LogP contribution in [0.4, 0.5) is 13.2 Å². The molecule has 0 aliphatic carbocycles. The van der Waals surface area contributed by atoms with Crippen molar-refractivity contribution in [3.63, 3.8) is 0 Å². The Labute approximate surface area is 108 Å². The van der Waals surface area contributed by atoms with Gasteiger partial charge in [-0.2, -0.15) is 13.2 Å². The number of nitrogens with zero attached hydrogens (tertiary/aromatic N) is 1. The number of rotatable bonds is 5. The molecule has 1 amide bonds. The molecule has 1 rings (SSSR count). The normalized spacial score (nSPS) is 11.4. The first-order chi connectivity index (χ1) is 8.91. The van der Waals surface area contributed by atoms with E-state index in [1.54, 1.807) is 0 Å². The Morgan fingerprint density at radius 1 is 1.11 bits per heavy atom. The molecule has 1 aromatic carbocycles. The second-order valence-electron chi connectivity index (χ2n) is 3.78. The minimum absolute atomic E-state index is 0.133. The highest BCUT2D eigenvalue weighted by Crippen LogP contribution is 2.32. The topological polar surface area (TPSA) is 60.8 Å². The summed E-state index contributed by atoms with van der Waals surface area (Å²) in [5, 5.41) is 17.6. The lowest BCUT2D eigenvalue weighted by atomic mass is 10.1. The number of carbonyl (C=O) groups is 1. The molecule has 0 bridgehead atoms. The van der Waals surface area contributed by atoms with Crippen LogP contribution >= 0.6 is 0 Å². The highest BCUT2D eigenvalue weighted by atomic mass is 19.4. The Bertz CT molecular complexity index is 428. The van der Waals surface area contributed by atoms with Crippen LogP contribution in [0.2, 0.25) is 0 Å². The zero-order valence-corrected chi connectivity index (χ0v) is 10.0. The van der Waals surface area contributed by atoms with Crippen LogP contribution in [0, 0.1) is 0 Å². The fraction of sp³-hybridized carbons (Fsp3) is 0.417. The van der Waals surface area contributed by atoms with Crippen LogP contribution in [-0.4, -0.2) is 47.3 Å². The number of benzene rings is 1. The number of aliphatic hydroxyl groups excluding tert-OH is 2. The maximum atomic E-state index is 12.8. The van der Waals surface area contributed by atoms with Crippen molar-refractivity contribution >= 4 is 5.91 Å². The Balaban J connectivity index is 3.11. The summed E-state index contributed by atoms with van der Waals surface area (Å²) >= 11 is 0. The van der Waals surface area contributed by atoms with Gasteiger partial charge in [-0.3, -0.25) is 4.79 Å². The molecule has 2 N–H and O–H groups in total. The summed E-state index contributed by atoms with van der Waals surface area (Å²) in [5.41, 5.74) is -1.52. The molecule has 1 aromatic rings. The largest absolute Gasteiger partial charge is 0.417 e. The Morgan fingerprint density at radius 3 is 2.11 bits per heavy atom. The molecular formula is C12H14F3NO3. The van der Waals surface area contributed by atoms with Gasteiger partial charge in [0.2, 0.25) is 0 Å². The molecule has 0 aromatic heterocycles. The third-order valence-electron chi connectivity index (χ3n) is 2.49. The molecule has 0 fully saturated rings. The van der Waals surface area contributed by atoms with E-state index < -0.39 is 23.2 Å². The summed E-state index contributed by atoms with van der Waals surface area (Å²) in [4.78, 5) is 13.0. The highest BCUT2D eigenvalue weighted by molar-refractivity contribution is 5.95. The standard InChI is InChI=1S/C12H14F3NO3/c13-12(14,15)10-4-2-1-3-9(10)11(19)16(5-7-17)6-8-18/h1-4,17-18H,5-8H2. The molecule has 0 radical (unpaired) electrons. The number of hydrogen-bond donors (Lipinski definition) is 2. The molecular weight excluding hydrogens is 263 g/mol. The molecule has 0 heterocycles. The second-order valence-corrected chi connectivity index (χ2v) is 3.78. The van der Waals surface area contributed by atoms with Crippen molar-refractivity contribution < 1.29 is 28.2 Å². The van der Waals surface area contributed by atoms with Gasteiger partial charge >= 0.3 is 6.18 Å². The number of amides is 1. The molecule has 0 unspecified atom stereocenters. The van der Waals surface area contributed by atoms with Gasteiger partial charge in [0.05, 0.1) is 24.3 Å². The third-order valence-corrected chi connectivity index (χ3v) is 2.49. The highest BCUT2D eigenvalue weighted by Gasteiger charge is 2.35. The Hall–Kier alpha value is -1.60. The Morgan fingerprint density at radius 2 is 1.63 bits per heavy atom. The van der Waals surface area contributed by atoms with Gasteiger partial charge in [-0.25, -0.2) is 0 Å². The molecule has 0 atom stereocenters. The van der Waals surface area contributed by atoms with Crippen LogP contribution < -0.4 is 0 Å². The minimum Gasteiger partial charge on any atom is -0.395 e. The van der Waals surface area contributed by atoms with Gasteiger partial charge in [0, 0.05) is 13.1 Å². The zero-order chi connectivity index (χ0) is 14.5. The molecule has 0 spiro atoms. The zero-order valence-electron chi connectivity index (χ0n) is 10.0. The van der Waals surface area contributed by atoms with Crippen LogP contribution in [0.1, 0.15) is 15.9 Å². The predicted octanol–water partition coefficient (Wildman–Crippen LogP) is 1.13. The smallest absolute Gasteiger partial charge is 0.395 e. The summed E-state index contributed by atoms with van der Waals surface area (Å²) in [6.45, 7) is -1.04. The maximum absolute atomic E-state index is 12.8. The van der Waals surface area contributed by atoms with Crippen molar-refractivity contribution in [2.24, 2.45) is 0 Å². The molecule has 0 aliphatic rings. The molecule has 0 saturated carbocycles. The lowest BCUT2D eigenvalue weighted by Gasteiger charge is -2.22. The fourth-order valence-corrected chi connectivity index (χ4v) is 1.64. The summed E-state index contributed by atoms with van der Waals surface area (Å²) in [7, 11) is 0. The lowest BCUT2D eigenvalue weighted by Crippen LogP contribution is -2.36. The molecule has 0 aliphatic heterocycles. The third kappa shape index (κ3) is 3.93. The van der Waals surface area contributed by atoms with E-state index in [-0.39, 0.29) is 26.3 Å². The van der Waals surface area contributed by atoms with E-state index in [4.69, 9.17) is 10.2 Å². The summed E-state index contributed by atoms with van der Waals surface area (Å²) in [6.07, 6.45) is -4.63. The van der Waals surface area contributed by atoms with E-state index >= 15 is 0 Å². The summed E-state index contributed by atoms with van der Waals surface area (Å²) in [5.74, 6) is -0.865. The van der Waals surface area contributed by atoms with Gasteiger partial charge in [0.1, 0.15) is 0 Å². The molecule has 106 valence electrons. The van der Waals surface area contributed by atoms with E-state index in [1.165, 1.54) is 12.1 Å². The van der Waals surface area contributed by atoms with Gasteiger partial charge in [0.25, 0.3) is 5.91 Å². The number of halogens is 3. The first kappa shape index (κ1) is 15.5. The van der Waals surface area contributed by atoms with E-state index in [0.29, 0.717) is 0 Å². The number of alkyl halides is 3. The number of hydrogen-bond acceptors (Lipinski definition) is 3. The van der Waals surface area contributed by atoms with Crippen molar-refractivity contribution in [2.45, 2.75) is 6.18 Å². The van der Waals surface area contributed by atoms with E-state index in [9.17, 15) is 18.0 Å². The minimum atomic E-state index is -4.63. The molecule has 4 nitrogen and oxygen atoms in total. The fourth-order valence-electron chi connectivity index (χ4n) is 1.64. The van der Waals surface area contributed by atoms with Crippen LogP contribution in [0.15, 0.2) is 24.3 Å². The van der Waals surface area contributed by atoms with Crippen LogP contribution in [0.25, 0.3) is 0 Å². The van der Waals surface area contributed by atoms with Gasteiger partial charge in [-0.05, 0) is 12.1 Å². The monoisotopic (exact) mass is 277 g/mol. The lowest BCUT2D eigenvalue weighted by molar-refractivity contribution is -0.138. The molecule has 7 heteroatoms. The average Bonchev–Trinajstić information content (AvgIpc) is 2.37. The van der Waals surface area contributed by atoms with E-state index in [2.05, 4.69) is 0 Å². The second kappa shape index (κ2) is 6.53. The van der Waals surface area contributed by atoms with Gasteiger partial charge in [-0.1, -0.05) is 12.1 Å². The SMILES string of the molecule is O=C(c1ccccc1C(F)(F)F)N(CCO)CCO. The first-order valence-corrected chi connectivity index (χ1v) is 5.59. The van der Waals surface area contributed by atoms with Crippen molar-refractivity contribution in [1.82, 2.24) is 4.90 Å². The summed E-state index contributed by atoms with van der Waals surface area (Å²) in [6, 6.07) is 4.43. The quantitative estimate of drug-likeness (QED) is 0.848. The molecule has 19 heavy (non-hydrogen) atoms. The average molecular weight is 277 g/mol. The van der Waals surface area contributed by atoms with E-state index in [1.807, 2.05) is 0 Å². The molecule has 0 saturated heterocycles.